The van der Waals surface area contributed by atoms with Gasteiger partial charge in [-0.1, -0.05) is 11.6 Å². The SMILES string of the molecule is COCc1cc(Cl)nc(-c2ccc3c(c2)OCCCO3)n1. The van der Waals surface area contributed by atoms with E-state index in [1.165, 1.54) is 0 Å². The molecule has 0 saturated carbocycles. The molecule has 6 heteroatoms. The van der Waals surface area contributed by atoms with Crippen LogP contribution in [0.1, 0.15) is 12.1 Å². The van der Waals surface area contributed by atoms with E-state index in [-0.39, 0.29) is 0 Å². The standard InChI is InChI=1S/C15H15ClN2O3/c1-19-9-11-8-14(16)18-15(17-11)10-3-4-12-13(7-10)21-6-2-5-20-12/h3-4,7-8H,2,5-6,9H2,1H3. The van der Waals surface area contributed by atoms with Gasteiger partial charge in [-0.3, -0.25) is 0 Å². The monoisotopic (exact) mass is 306 g/mol. The Labute approximate surface area is 127 Å². The van der Waals surface area contributed by atoms with Gasteiger partial charge in [-0.2, -0.15) is 0 Å². The number of hydrogen-bond donors (Lipinski definition) is 0. The van der Waals surface area contributed by atoms with E-state index in [2.05, 4.69) is 9.97 Å². The molecule has 0 N–H and O–H groups in total. The zero-order valence-electron chi connectivity index (χ0n) is 11.6. The Balaban J connectivity index is 1.98. The summed E-state index contributed by atoms with van der Waals surface area (Å²) < 4.78 is 16.4. The van der Waals surface area contributed by atoms with Crippen LogP contribution in [0.4, 0.5) is 0 Å². The molecule has 1 aliphatic heterocycles. The second-order valence-corrected chi connectivity index (χ2v) is 5.04. The van der Waals surface area contributed by atoms with Gasteiger partial charge in [0.25, 0.3) is 0 Å². The van der Waals surface area contributed by atoms with Gasteiger partial charge in [-0.15, -0.1) is 0 Å². The zero-order chi connectivity index (χ0) is 14.7. The normalized spacial score (nSPS) is 13.8. The molecule has 0 aliphatic carbocycles. The fourth-order valence-electron chi connectivity index (χ4n) is 2.12. The molecule has 1 aromatic heterocycles. The zero-order valence-corrected chi connectivity index (χ0v) is 12.4. The Morgan fingerprint density at radius 1 is 1.14 bits per heavy atom. The Kier molecular flexibility index (Phi) is 4.22. The van der Waals surface area contributed by atoms with Gasteiger partial charge in [0.2, 0.25) is 0 Å². The van der Waals surface area contributed by atoms with Crippen molar-refractivity contribution in [2.24, 2.45) is 0 Å². The molecule has 21 heavy (non-hydrogen) atoms. The lowest BCUT2D eigenvalue weighted by Gasteiger charge is -2.09. The topological polar surface area (TPSA) is 53.5 Å². The molecule has 2 aromatic rings. The molecule has 110 valence electrons. The third-order valence-electron chi connectivity index (χ3n) is 3.05. The summed E-state index contributed by atoms with van der Waals surface area (Å²) in [4.78, 5) is 8.71. The number of rotatable bonds is 3. The molecule has 5 nitrogen and oxygen atoms in total. The predicted molar refractivity (Wildman–Crippen MR) is 78.8 cm³/mol. The maximum absolute atomic E-state index is 6.04. The van der Waals surface area contributed by atoms with Crippen LogP contribution in [-0.4, -0.2) is 30.3 Å². The summed E-state index contributed by atoms with van der Waals surface area (Å²) in [7, 11) is 1.61. The third kappa shape index (κ3) is 3.25. The van der Waals surface area contributed by atoms with E-state index in [4.69, 9.17) is 25.8 Å². The van der Waals surface area contributed by atoms with Gasteiger partial charge in [0.1, 0.15) is 5.15 Å². The first-order valence-corrected chi connectivity index (χ1v) is 7.06. The molecule has 0 unspecified atom stereocenters. The minimum atomic E-state index is 0.388. The lowest BCUT2D eigenvalue weighted by molar-refractivity contribution is 0.181. The van der Waals surface area contributed by atoms with E-state index < -0.39 is 0 Å². The highest BCUT2D eigenvalue weighted by molar-refractivity contribution is 6.29. The number of halogens is 1. The number of methoxy groups -OCH3 is 1. The molecule has 0 atom stereocenters. The molecule has 1 aliphatic rings. The first kappa shape index (κ1) is 14.1. The summed E-state index contributed by atoms with van der Waals surface area (Å²) in [6.07, 6.45) is 0.871. The Bertz CT molecular complexity index is 649. The average molecular weight is 307 g/mol. The van der Waals surface area contributed by atoms with Gasteiger partial charge in [-0.25, -0.2) is 9.97 Å². The smallest absolute Gasteiger partial charge is 0.161 e. The second-order valence-electron chi connectivity index (χ2n) is 4.65. The van der Waals surface area contributed by atoms with Crippen LogP contribution < -0.4 is 9.47 Å². The Morgan fingerprint density at radius 3 is 2.76 bits per heavy atom. The van der Waals surface area contributed by atoms with Crippen LogP contribution in [0.2, 0.25) is 5.15 Å². The molecule has 0 bridgehead atoms. The van der Waals surface area contributed by atoms with Crippen LogP contribution in [0.3, 0.4) is 0 Å². The minimum absolute atomic E-state index is 0.388. The van der Waals surface area contributed by atoms with Crippen molar-refractivity contribution in [1.82, 2.24) is 9.97 Å². The highest BCUT2D eigenvalue weighted by atomic mass is 35.5. The first-order chi connectivity index (χ1) is 10.3. The average Bonchev–Trinajstić information content (AvgIpc) is 2.71. The predicted octanol–water partition coefficient (Wildman–Crippen LogP) is 3.10. The van der Waals surface area contributed by atoms with Crippen LogP contribution >= 0.6 is 11.6 Å². The largest absolute Gasteiger partial charge is 0.490 e. The fourth-order valence-corrected chi connectivity index (χ4v) is 2.32. The quantitative estimate of drug-likeness (QED) is 0.816. The summed E-state index contributed by atoms with van der Waals surface area (Å²) >= 11 is 6.04. The van der Waals surface area contributed by atoms with Crippen molar-refractivity contribution in [2.45, 2.75) is 13.0 Å². The van der Waals surface area contributed by atoms with Crippen molar-refractivity contribution in [2.75, 3.05) is 20.3 Å². The highest BCUT2D eigenvalue weighted by Crippen LogP contribution is 2.33. The van der Waals surface area contributed by atoms with Crippen molar-refractivity contribution in [1.29, 1.82) is 0 Å². The van der Waals surface area contributed by atoms with E-state index >= 15 is 0 Å². The molecule has 2 heterocycles. The first-order valence-electron chi connectivity index (χ1n) is 6.68. The van der Waals surface area contributed by atoms with E-state index in [1.54, 1.807) is 13.2 Å². The highest BCUT2D eigenvalue weighted by Gasteiger charge is 2.13. The second kappa shape index (κ2) is 6.28. The van der Waals surface area contributed by atoms with Crippen molar-refractivity contribution in [3.8, 4) is 22.9 Å². The lowest BCUT2D eigenvalue weighted by atomic mass is 10.2. The lowest BCUT2D eigenvalue weighted by Crippen LogP contribution is -1.98. The van der Waals surface area contributed by atoms with E-state index in [0.717, 1.165) is 23.4 Å². The minimum Gasteiger partial charge on any atom is -0.490 e. The Morgan fingerprint density at radius 2 is 1.95 bits per heavy atom. The van der Waals surface area contributed by atoms with Gasteiger partial charge < -0.3 is 14.2 Å². The molecule has 1 aromatic carbocycles. The number of aromatic nitrogens is 2. The van der Waals surface area contributed by atoms with Crippen molar-refractivity contribution >= 4 is 11.6 Å². The molecule has 0 radical (unpaired) electrons. The molecule has 0 saturated heterocycles. The van der Waals surface area contributed by atoms with Gasteiger partial charge >= 0.3 is 0 Å². The van der Waals surface area contributed by atoms with Crippen molar-refractivity contribution < 1.29 is 14.2 Å². The van der Waals surface area contributed by atoms with Crippen molar-refractivity contribution in [3.05, 3.63) is 35.1 Å². The number of ether oxygens (including phenoxy) is 3. The van der Waals surface area contributed by atoms with E-state index in [0.29, 0.717) is 36.5 Å². The molecule has 0 spiro atoms. The van der Waals surface area contributed by atoms with Crippen LogP contribution in [0, 0.1) is 0 Å². The molecular formula is C15H15ClN2O3. The molecule has 0 amide bonds. The van der Waals surface area contributed by atoms with Crippen LogP contribution in [-0.2, 0) is 11.3 Å². The van der Waals surface area contributed by atoms with Crippen molar-refractivity contribution in [3.63, 3.8) is 0 Å². The molecular weight excluding hydrogens is 292 g/mol. The van der Waals surface area contributed by atoms with Gasteiger partial charge in [0.05, 0.1) is 25.5 Å². The van der Waals surface area contributed by atoms with Gasteiger partial charge in [0, 0.05) is 19.1 Å². The summed E-state index contributed by atoms with van der Waals surface area (Å²) in [5.74, 6) is 2.00. The summed E-state index contributed by atoms with van der Waals surface area (Å²) in [5, 5.41) is 0.388. The van der Waals surface area contributed by atoms with Crippen LogP contribution in [0.5, 0.6) is 11.5 Å². The van der Waals surface area contributed by atoms with Crippen LogP contribution in [0.25, 0.3) is 11.4 Å². The summed E-state index contributed by atoms with van der Waals surface area (Å²) in [6.45, 7) is 1.69. The Hall–Kier alpha value is -1.85. The third-order valence-corrected chi connectivity index (χ3v) is 3.24. The summed E-state index contributed by atoms with van der Waals surface area (Å²) in [5.41, 5.74) is 1.57. The summed E-state index contributed by atoms with van der Waals surface area (Å²) in [6, 6.07) is 7.34. The van der Waals surface area contributed by atoms with Gasteiger partial charge in [-0.05, 0) is 24.3 Å². The fraction of sp³-hybridized carbons (Fsp3) is 0.333. The van der Waals surface area contributed by atoms with Crippen LogP contribution in [0.15, 0.2) is 24.3 Å². The van der Waals surface area contributed by atoms with E-state index in [1.807, 2.05) is 18.2 Å². The van der Waals surface area contributed by atoms with Gasteiger partial charge in [0.15, 0.2) is 17.3 Å². The number of nitrogens with zero attached hydrogens (tertiary/aromatic N) is 2. The molecule has 3 rings (SSSR count). The number of hydrogen-bond acceptors (Lipinski definition) is 5. The molecule has 0 fully saturated rings. The van der Waals surface area contributed by atoms with E-state index in [9.17, 15) is 0 Å². The number of benzene rings is 1. The number of fused-ring (bicyclic) bond motifs is 1. The maximum Gasteiger partial charge on any atom is 0.161 e. The maximum atomic E-state index is 6.04.